The predicted octanol–water partition coefficient (Wildman–Crippen LogP) is 6.97. The first-order valence-electron chi connectivity index (χ1n) is 16.4. The molecule has 7 heteroatoms. The molecule has 2 aromatic carbocycles. The molecular formula is C38H41N3O3S. The number of carbonyl (C=O) groups is 1. The number of nitrogens with zero attached hydrogens (tertiary/aromatic N) is 3. The molecule has 45 heavy (non-hydrogen) atoms. The molecule has 4 aliphatic rings. The first kappa shape index (κ1) is 29.2. The van der Waals surface area contributed by atoms with Gasteiger partial charge in [-0.3, -0.25) is 4.79 Å². The second-order valence-corrected chi connectivity index (χ2v) is 15.5. The van der Waals surface area contributed by atoms with Crippen LogP contribution in [0.3, 0.4) is 0 Å². The van der Waals surface area contributed by atoms with Gasteiger partial charge in [0.05, 0.1) is 40.0 Å². The standard InChI is InChI=1S/C38H41N3O3S/c1-23-8-12-27(13-9-23)41-31-18-26-11-14-28-29-16-17-38(44,33(43)22-45-34-15-10-24-6-4-5-7-30(24)40-34)37(29,3)20-32(42)35(28)36(26,2)19-25(31)21-39-41/h4-10,12-13,15,18,21,28-29,32,35,42,44H,11,14,16-17,19-20,22H2,1-3H3/t28?,29?,32-,35?,36?,37?,38-/m0/s1. The Hall–Kier alpha value is -3.26. The number of aliphatic hydroxyl groups is 2. The molecule has 2 aromatic heterocycles. The van der Waals surface area contributed by atoms with Crippen molar-refractivity contribution in [1.29, 1.82) is 0 Å². The molecule has 5 unspecified atom stereocenters. The van der Waals surface area contributed by atoms with Crippen molar-refractivity contribution in [3.05, 3.63) is 89.3 Å². The number of rotatable bonds is 5. The Morgan fingerprint density at radius 1 is 1.07 bits per heavy atom. The summed E-state index contributed by atoms with van der Waals surface area (Å²) in [6.07, 6.45) is 8.26. The van der Waals surface area contributed by atoms with Gasteiger partial charge in [-0.15, -0.1) is 0 Å². The maximum absolute atomic E-state index is 13.9. The van der Waals surface area contributed by atoms with Gasteiger partial charge in [-0.1, -0.05) is 73.1 Å². The number of aromatic nitrogens is 3. The van der Waals surface area contributed by atoms with E-state index in [0.29, 0.717) is 12.8 Å². The van der Waals surface area contributed by atoms with Gasteiger partial charge >= 0.3 is 0 Å². The second-order valence-electron chi connectivity index (χ2n) is 14.5. The molecule has 2 N–H and O–H groups in total. The normalized spacial score (nSPS) is 33.6. The van der Waals surface area contributed by atoms with E-state index in [0.717, 1.165) is 53.0 Å². The Morgan fingerprint density at radius 2 is 1.87 bits per heavy atom. The Kier molecular flexibility index (Phi) is 6.73. The van der Waals surface area contributed by atoms with E-state index in [1.54, 1.807) is 0 Å². The number of carbonyl (C=O) groups excluding carboxylic acids is 1. The van der Waals surface area contributed by atoms with E-state index in [1.807, 2.05) is 42.6 Å². The fourth-order valence-electron chi connectivity index (χ4n) is 9.93. The molecule has 0 bridgehead atoms. The van der Waals surface area contributed by atoms with E-state index in [2.05, 4.69) is 55.8 Å². The van der Waals surface area contributed by atoms with Gasteiger partial charge in [-0.05, 0) is 105 Å². The smallest absolute Gasteiger partial charge is 0.175 e. The van der Waals surface area contributed by atoms with Crippen LogP contribution in [-0.4, -0.2) is 48.2 Å². The number of allylic oxidation sites excluding steroid dienone is 1. The highest BCUT2D eigenvalue weighted by Crippen LogP contribution is 2.67. The number of hydrogen-bond acceptors (Lipinski definition) is 6. The third-order valence-corrected chi connectivity index (χ3v) is 13.2. The molecule has 3 saturated carbocycles. The summed E-state index contributed by atoms with van der Waals surface area (Å²) in [5.74, 6) is 0.573. The van der Waals surface area contributed by atoms with E-state index in [-0.39, 0.29) is 34.7 Å². The number of para-hydroxylation sites is 1. The maximum atomic E-state index is 13.9. The lowest BCUT2D eigenvalue weighted by molar-refractivity contribution is -0.177. The van der Waals surface area contributed by atoms with Crippen molar-refractivity contribution < 1.29 is 15.0 Å². The molecule has 0 aliphatic heterocycles. The van der Waals surface area contributed by atoms with Gasteiger partial charge in [-0.25, -0.2) is 9.67 Å². The summed E-state index contributed by atoms with van der Waals surface area (Å²) >= 11 is 1.40. The minimum Gasteiger partial charge on any atom is -0.393 e. The van der Waals surface area contributed by atoms with Gasteiger partial charge < -0.3 is 10.2 Å². The first-order chi connectivity index (χ1) is 21.6. The molecule has 0 amide bonds. The topological polar surface area (TPSA) is 88.2 Å². The van der Waals surface area contributed by atoms with Crippen LogP contribution in [-0.2, 0) is 11.2 Å². The van der Waals surface area contributed by atoms with Crippen molar-refractivity contribution in [1.82, 2.24) is 14.8 Å². The number of benzene rings is 2. The number of pyridine rings is 1. The van der Waals surface area contributed by atoms with Gasteiger partial charge in [0.15, 0.2) is 5.78 Å². The van der Waals surface area contributed by atoms with Crippen LogP contribution in [0, 0.1) is 35.5 Å². The summed E-state index contributed by atoms with van der Waals surface area (Å²) in [6.45, 7) is 6.52. The number of fused-ring (bicyclic) bond motifs is 7. The minimum absolute atomic E-state index is 0.0834. The van der Waals surface area contributed by atoms with Crippen LogP contribution >= 0.6 is 11.8 Å². The van der Waals surface area contributed by atoms with Gasteiger partial charge in [0, 0.05) is 10.8 Å². The lowest BCUT2D eigenvalue weighted by Gasteiger charge is -2.60. The van der Waals surface area contributed by atoms with Crippen LogP contribution < -0.4 is 0 Å². The first-order valence-corrected chi connectivity index (χ1v) is 17.4. The van der Waals surface area contributed by atoms with E-state index in [9.17, 15) is 15.0 Å². The van der Waals surface area contributed by atoms with Crippen molar-refractivity contribution in [3.63, 3.8) is 0 Å². The number of aliphatic hydroxyl groups excluding tert-OH is 1. The monoisotopic (exact) mass is 619 g/mol. The highest BCUT2D eigenvalue weighted by molar-refractivity contribution is 7.99. The van der Waals surface area contributed by atoms with E-state index >= 15 is 0 Å². The number of thioether (sulfide) groups is 1. The number of aryl methyl sites for hydroxylation is 1. The molecule has 2 heterocycles. The summed E-state index contributed by atoms with van der Waals surface area (Å²) in [7, 11) is 0. The third-order valence-electron chi connectivity index (χ3n) is 12.2. The van der Waals surface area contributed by atoms with Crippen LogP contribution in [0.5, 0.6) is 0 Å². The molecule has 7 atom stereocenters. The largest absolute Gasteiger partial charge is 0.393 e. The molecule has 3 fully saturated rings. The highest BCUT2D eigenvalue weighted by atomic mass is 32.2. The van der Waals surface area contributed by atoms with Gasteiger partial charge in [0.2, 0.25) is 0 Å². The number of hydrogen-bond donors (Lipinski definition) is 2. The zero-order chi connectivity index (χ0) is 31.1. The minimum atomic E-state index is -1.45. The fraction of sp³-hybridized carbons (Fsp3) is 0.447. The van der Waals surface area contributed by atoms with Crippen molar-refractivity contribution >= 4 is 34.5 Å². The van der Waals surface area contributed by atoms with Crippen molar-refractivity contribution in [3.8, 4) is 5.69 Å². The SMILES string of the molecule is Cc1ccc(-n2ncc3c2C=C2CCC4C([C@@H](O)CC5(C)C4CC[C@]5(O)C(=O)CSc4ccc5ccccc5n4)C2(C)C3)cc1. The quantitative estimate of drug-likeness (QED) is 0.235. The van der Waals surface area contributed by atoms with E-state index < -0.39 is 17.1 Å². The Bertz CT molecular complexity index is 1850. The number of ketones is 1. The van der Waals surface area contributed by atoms with Crippen molar-refractivity contribution in [2.24, 2.45) is 28.6 Å². The highest BCUT2D eigenvalue weighted by Gasteiger charge is 2.68. The summed E-state index contributed by atoms with van der Waals surface area (Å²) in [5.41, 5.74) is 4.68. The molecular weight excluding hydrogens is 579 g/mol. The zero-order valence-corrected chi connectivity index (χ0v) is 27.1. The zero-order valence-electron chi connectivity index (χ0n) is 26.2. The maximum Gasteiger partial charge on any atom is 0.175 e. The van der Waals surface area contributed by atoms with Crippen molar-refractivity contribution in [2.75, 3.05) is 5.75 Å². The summed E-state index contributed by atoms with van der Waals surface area (Å²) < 4.78 is 2.05. The lowest BCUT2D eigenvalue weighted by atomic mass is 9.45. The van der Waals surface area contributed by atoms with Crippen LogP contribution in [0.4, 0.5) is 0 Å². The summed E-state index contributed by atoms with van der Waals surface area (Å²) in [5, 5.41) is 30.9. The Labute approximate surface area is 269 Å². The Balaban J connectivity index is 1.04. The van der Waals surface area contributed by atoms with Crippen LogP contribution in [0.15, 0.2) is 77.5 Å². The molecule has 0 saturated heterocycles. The second kappa shape index (κ2) is 10.4. The van der Waals surface area contributed by atoms with Crippen LogP contribution in [0.2, 0.25) is 0 Å². The number of Topliss-reactive ketones (excluding diaryl/α,β-unsaturated/α-hetero) is 1. The van der Waals surface area contributed by atoms with Gasteiger partial charge in [0.25, 0.3) is 0 Å². The van der Waals surface area contributed by atoms with Crippen LogP contribution in [0.25, 0.3) is 22.7 Å². The molecule has 0 radical (unpaired) electrons. The van der Waals surface area contributed by atoms with Crippen LogP contribution in [0.1, 0.15) is 62.8 Å². The predicted molar refractivity (Wildman–Crippen MR) is 178 cm³/mol. The van der Waals surface area contributed by atoms with Crippen molar-refractivity contribution in [2.45, 2.75) is 76.0 Å². The summed E-state index contributed by atoms with van der Waals surface area (Å²) in [6, 6.07) is 20.4. The van der Waals surface area contributed by atoms with E-state index in [4.69, 9.17) is 10.1 Å². The van der Waals surface area contributed by atoms with Gasteiger partial charge in [-0.2, -0.15) is 5.10 Å². The average Bonchev–Trinajstić information content (AvgIpc) is 3.55. The van der Waals surface area contributed by atoms with Gasteiger partial charge in [0.1, 0.15) is 5.60 Å². The molecule has 0 spiro atoms. The molecule has 232 valence electrons. The fourth-order valence-corrected chi connectivity index (χ4v) is 10.8. The molecule has 6 nitrogen and oxygen atoms in total. The summed E-state index contributed by atoms with van der Waals surface area (Å²) in [4.78, 5) is 18.6. The average molecular weight is 620 g/mol. The Morgan fingerprint density at radius 3 is 2.69 bits per heavy atom. The molecule has 4 aromatic rings. The third kappa shape index (κ3) is 4.34. The molecule has 8 rings (SSSR count). The lowest BCUT2D eigenvalue weighted by Crippen LogP contribution is -2.62. The van der Waals surface area contributed by atoms with E-state index in [1.165, 1.54) is 28.5 Å². The molecule has 4 aliphatic carbocycles.